The highest BCUT2D eigenvalue weighted by Gasteiger charge is 2.35. The minimum Gasteiger partial charge on any atom is -0.0953 e. The number of allylic oxidation sites excluding steroid dienone is 9. The maximum Gasteiger partial charge on any atom is -0.0194 e. The first-order chi connectivity index (χ1) is 26.8. The van der Waals surface area contributed by atoms with Crippen molar-refractivity contribution in [2.24, 2.45) is 59.2 Å². The monoisotopic (exact) mass is 789 g/mol. The topological polar surface area (TPSA) is 0 Å². The Morgan fingerprint density at radius 1 is 0.684 bits per heavy atom. The van der Waals surface area contributed by atoms with Crippen LogP contribution in [-0.4, -0.2) is 0 Å². The highest BCUT2D eigenvalue weighted by molar-refractivity contribution is 5.31. The maximum absolute atomic E-state index is 4.23. The van der Waals surface area contributed by atoms with Crippen molar-refractivity contribution in [1.29, 1.82) is 0 Å². The van der Waals surface area contributed by atoms with Gasteiger partial charge in [0.05, 0.1) is 0 Å². The molecular formula is C57H104. The Labute approximate surface area is 361 Å². The number of unbranched alkanes of at least 4 members (excludes halogenated alkanes) is 2. The molecule has 0 aromatic carbocycles. The van der Waals surface area contributed by atoms with Crippen LogP contribution >= 0.6 is 0 Å². The fraction of sp³-hybridized carbons (Fsp3) is 0.825. The van der Waals surface area contributed by atoms with Gasteiger partial charge in [-0.1, -0.05) is 189 Å². The average molecular weight is 789 g/mol. The molecule has 2 fully saturated rings. The third-order valence-corrected chi connectivity index (χ3v) is 15.5. The predicted octanol–water partition coefficient (Wildman–Crippen LogP) is 19.7. The Kier molecular flexibility index (Phi) is 30.6. The standard InChI is InChI=1S/C35H62.C13H22.C7H12.2CH4/c1-5-7-23-35(34(6-2)32-21-15-10-16-22-32)33-26-24-30(25-27-33)18-12-8-11-17-28(3)29(4)31-19-13-9-14-20-31;1-4-8-11(2)12(3)13-9-6-5-7-10-13;1-7-5-3-2-4-6-7;;/h9,11,13,17,28-35H,5-8,10,12,14-16,18-27H2,1-4H3;9,11H,3-8,10H2,1-2H3;2-3,7H,4-6H2,1H3;2*1H4/b17-11-;;;;. The van der Waals surface area contributed by atoms with Gasteiger partial charge in [-0.2, -0.15) is 0 Å². The lowest BCUT2D eigenvalue weighted by Crippen LogP contribution is -2.32. The molecular weight excluding hydrogens is 685 g/mol. The quantitative estimate of drug-likeness (QED) is 0.0958. The van der Waals surface area contributed by atoms with Gasteiger partial charge in [0.15, 0.2) is 0 Å². The molecule has 5 aliphatic carbocycles. The Morgan fingerprint density at radius 3 is 1.91 bits per heavy atom. The summed E-state index contributed by atoms with van der Waals surface area (Å²) in [5.74, 6) is 9.29. The van der Waals surface area contributed by atoms with Crippen LogP contribution in [0.3, 0.4) is 0 Å². The fourth-order valence-corrected chi connectivity index (χ4v) is 11.4. The minimum absolute atomic E-state index is 0. The lowest BCUT2D eigenvalue weighted by Gasteiger charge is -2.42. The molecule has 7 atom stereocenters. The molecule has 0 heteroatoms. The lowest BCUT2D eigenvalue weighted by molar-refractivity contribution is 0.0831. The van der Waals surface area contributed by atoms with Crippen LogP contribution in [-0.2, 0) is 0 Å². The normalized spacial score (nSPS) is 26.5. The van der Waals surface area contributed by atoms with E-state index in [-0.39, 0.29) is 14.9 Å². The first kappa shape index (κ1) is 53.7. The van der Waals surface area contributed by atoms with Gasteiger partial charge in [-0.15, -0.1) is 0 Å². The lowest BCUT2D eigenvalue weighted by atomic mass is 9.63. The van der Waals surface area contributed by atoms with Crippen molar-refractivity contribution in [2.75, 3.05) is 0 Å². The molecule has 0 saturated heterocycles. The molecule has 0 nitrogen and oxygen atoms in total. The van der Waals surface area contributed by atoms with Crippen LogP contribution in [0.4, 0.5) is 0 Å². The largest absolute Gasteiger partial charge is 0.0953 e. The molecule has 0 bridgehead atoms. The molecule has 0 amide bonds. The van der Waals surface area contributed by atoms with Crippen molar-refractivity contribution in [3.63, 3.8) is 0 Å². The van der Waals surface area contributed by atoms with E-state index in [0.29, 0.717) is 5.92 Å². The van der Waals surface area contributed by atoms with Crippen LogP contribution in [0.5, 0.6) is 0 Å². The van der Waals surface area contributed by atoms with Gasteiger partial charge in [0, 0.05) is 0 Å². The van der Waals surface area contributed by atoms with Crippen LogP contribution in [0, 0.1) is 59.2 Å². The molecule has 2 saturated carbocycles. The van der Waals surface area contributed by atoms with Crippen LogP contribution < -0.4 is 0 Å². The van der Waals surface area contributed by atoms with Crippen molar-refractivity contribution in [3.8, 4) is 0 Å². The molecule has 0 aliphatic heterocycles. The molecule has 7 unspecified atom stereocenters. The Balaban J connectivity index is 0.000000603. The van der Waals surface area contributed by atoms with Gasteiger partial charge in [-0.05, 0) is 173 Å². The number of rotatable bonds is 18. The first-order valence-electron chi connectivity index (χ1n) is 25.1. The van der Waals surface area contributed by atoms with Gasteiger partial charge in [0.2, 0.25) is 0 Å². The molecule has 5 rings (SSSR count). The van der Waals surface area contributed by atoms with Gasteiger partial charge < -0.3 is 0 Å². The predicted molar refractivity (Wildman–Crippen MR) is 262 cm³/mol. The smallest absolute Gasteiger partial charge is 0.0194 e. The molecule has 0 radical (unpaired) electrons. The summed E-state index contributed by atoms with van der Waals surface area (Å²) in [5.41, 5.74) is 2.95. The van der Waals surface area contributed by atoms with E-state index in [1.165, 1.54) is 160 Å². The third kappa shape index (κ3) is 20.7. The second-order valence-corrected chi connectivity index (χ2v) is 19.8. The van der Waals surface area contributed by atoms with E-state index in [0.717, 1.165) is 53.3 Å². The summed E-state index contributed by atoms with van der Waals surface area (Å²) in [6.07, 6.45) is 56.5. The maximum atomic E-state index is 4.23. The van der Waals surface area contributed by atoms with Gasteiger partial charge >= 0.3 is 0 Å². The molecule has 0 spiro atoms. The number of hydrogen-bond acceptors (Lipinski definition) is 0. The molecule has 5 aliphatic rings. The van der Waals surface area contributed by atoms with Crippen molar-refractivity contribution in [3.05, 3.63) is 60.3 Å². The Hall–Kier alpha value is -1.30. The SMILES string of the molecule is C.C.C=C(C1=CCCCC1)C(C)CCC.CC1CC=CCC1.CCCCC(C1CCC(CCC/C=C\C(C)C(C)C2CC=CCC2)CC1)C(CC)C1CCCCC1. The average Bonchev–Trinajstić information content (AvgIpc) is 3.23. The van der Waals surface area contributed by atoms with Gasteiger partial charge in [0.25, 0.3) is 0 Å². The van der Waals surface area contributed by atoms with Crippen LogP contribution in [0.15, 0.2) is 60.3 Å². The Bertz CT molecular complexity index is 1090. The van der Waals surface area contributed by atoms with Crippen molar-refractivity contribution in [2.45, 2.75) is 243 Å². The van der Waals surface area contributed by atoms with Crippen LogP contribution in [0.2, 0.25) is 0 Å². The first-order valence-corrected chi connectivity index (χ1v) is 25.1. The summed E-state index contributed by atoms with van der Waals surface area (Å²) in [5, 5.41) is 0. The third-order valence-electron chi connectivity index (χ3n) is 15.5. The summed E-state index contributed by atoms with van der Waals surface area (Å²) in [7, 11) is 0. The minimum atomic E-state index is 0. The van der Waals surface area contributed by atoms with Crippen molar-refractivity contribution < 1.29 is 0 Å². The number of hydrogen-bond donors (Lipinski definition) is 0. The van der Waals surface area contributed by atoms with E-state index in [1.807, 2.05) is 0 Å². The molecule has 0 aromatic heterocycles. The highest BCUT2D eigenvalue weighted by atomic mass is 14.4. The van der Waals surface area contributed by atoms with E-state index in [4.69, 9.17) is 0 Å². The van der Waals surface area contributed by atoms with E-state index >= 15 is 0 Å². The van der Waals surface area contributed by atoms with E-state index in [1.54, 1.807) is 31.3 Å². The Morgan fingerprint density at radius 2 is 1.37 bits per heavy atom. The summed E-state index contributed by atoms with van der Waals surface area (Å²) in [4.78, 5) is 0. The zero-order chi connectivity index (χ0) is 39.7. The molecule has 0 aromatic rings. The summed E-state index contributed by atoms with van der Waals surface area (Å²) in [6, 6.07) is 0. The highest BCUT2D eigenvalue weighted by Crippen LogP contribution is 2.46. The molecule has 57 heavy (non-hydrogen) atoms. The van der Waals surface area contributed by atoms with E-state index in [2.05, 4.69) is 97.6 Å². The second-order valence-electron chi connectivity index (χ2n) is 19.8. The van der Waals surface area contributed by atoms with Gasteiger partial charge in [0.1, 0.15) is 0 Å². The van der Waals surface area contributed by atoms with Crippen LogP contribution in [0.25, 0.3) is 0 Å². The van der Waals surface area contributed by atoms with Crippen molar-refractivity contribution in [1.82, 2.24) is 0 Å². The van der Waals surface area contributed by atoms with E-state index in [9.17, 15) is 0 Å². The molecule has 0 N–H and O–H groups in total. The summed E-state index contributed by atoms with van der Waals surface area (Å²) in [6.45, 7) is 21.0. The summed E-state index contributed by atoms with van der Waals surface area (Å²) < 4.78 is 0. The van der Waals surface area contributed by atoms with E-state index < -0.39 is 0 Å². The second kappa shape index (κ2) is 32.5. The van der Waals surface area contributed by atoms with Gasteiger partial charge in [-0.3, -0.25) is 0 Å². The fourth-order valence-electron chi connectivity index (χ4n) is 11.4. The van der Waals surface area contributed by atoms with Gasteiger partial charge in [-0.25, -0.2) is 0 Å². The van der Waals surface area contributed by atoms with Crippen LogP contribution in [0.1, 0.15) is 243 Å². The molecule has 332 valence electrons. The molecule has 0 heterocycles. The zero-order valence-electron chi connectivity index (χ0n) is 38.3. The zero-order valence-corrected chi connectivity index (χ0v) is 38.3. The summed E-state index contributed by atoms with van der Waals surface area (Å²) >= 11 is 0. The van der Waals surface area contributed by atoms with Crippen molar-refractivity contribution >= 4 is 0 Å².